The average Bonchev–Trinajstić information content (AvgIpc) is 2.70. The molecule has 1 saturated heterocycles. The first kappa shape index (κ1) is 21.7. The standard InChI is InChI=1S/C20H21ClF2N2O3S/c1-13(2)14-3-5-15(6-4-14)29(27,28)25-9-7-24(8-10-25)20(26)16-11-18(22)19(23)12-17(16)21/h3-6,11-13H,7-10H2,1-2H3. The Labute approximate surface area is 173 Å². The molecule has 0 saturated carbocycles. The van der Waals surface area contributed by atoms with Crippen molar-refractivity contribution in [2.24, 2.45) is 0 Å². The SMILES string of the molecule is CC(C)c1ccc(S(=O)(=O)N2CCN(C(=O)c3cc(F)c(F)cc3Cl)CC2)cc1. The molecule has 0 radical (unpaired) electrons. The molecule has 1 heterocycles. The van der Waals surface area contributed by atoms with E-state index < -0.39 is 27.6 Å². The molecule has 0 N–H and O–H groups in total. The van der Waals surface area contributed by atoms with E-state index in [1.54, 1.807) is 24.3 Å². The van der Waals surface area contributed by atoms with Crippen molar-refractivity contribution in [3.63, 3.8) is 0 Å². The van der Waals surface area contributed by atoms with Gasteiger partial charge in [0.2, 0.25) is 10.0 Å². The summed E-state index contributed by atoms with van der Waals surface area (Å²) in [6.07, 6.45) is 0. The van der Waals surface area contributed by atoms with Crippen molar-refractivity contribution in [2.75, 3.05) is 26.2 Å². The molecule has 2 aromatic rings. The van der Waals surface area contributed by atoms with E-state index in [4.69, 9.17) is 11.6 Å². The van der Waals surface area contributed by atoms with Crippen molar-refractivity contribution < 1.29 is 22.0 Å². The van der Waals surface area contributed by atoms with Gasteiger partial charge >= 0.3 is 0 Å². The topological polar surface area (TPSA) is 57.7 Å². The van der Waals surface area contributed by atoms with Crippen molar-refractivity contribution in [3.8, 4) is 0 Å². The van der Waals surface area contributed by atoms with Crippen LogP contribution >= 0.6 is 11.6 Å². The molecule has 2 aromatic carbocycles. The van der Waals surface area contributed by atoms with Crippen LogP contribution in [0, 0.1) is 11.6 Å². The molecule has 1 aliphatic rings. The van der Waals surface area contributed by atoms with Crippen LogP contribution in [0.25, 0.3) is 0 Å². The molecule has 29 heavy (non-hydrogen) atoms. The fourth-order valence-corrected chi connectivity index (χ4v) is 4.82. The number of benzene rings is 2. The minimum atomic E-state index is -3.68. The molecule has 3 rings (SSSR count). The Morgan fingerprint density at radius 2 is 1.55 bits per heavy atom. The number of piperazine rings is 1. The van der Waals surface area contributed by atoms with E-state index in [0.717, 1.165) is 17.7 Å². The lowest BCUT2D eigenvalue weighted by atomic mass is 10.0. The van der Waals surface area contributed by atoms with E-state index >= 15 is 0 Å². The number of carbonyl (C=O) groups excluding carboxylic acids is 1. The van der Waals surface area contributed by atoms with Gasteiger partial charge in [0.15, 0.2) is 11.6 Å². The van der Waals surface area contributed by atoms with E-state index in [1.807, 2.05) is 13.8 Å². The fourth-order valence-electron chi connectivity index (χ4n) is 3.16. The molecule has 156 valence electrons. The van der Waals surface area contributed by atoms with Crippen LogP contribution in [0.4, 0.5) is 8.78 Å². The van der Waals surface area contributed by atoms with E-state index in [2.05, 4.69) is 0 Å². The highest BCUT2D eigenvalue weighted by molar-refractivity contribution is 7.89. The van der Waals surface area contributed by atoms with E-state index in [-0.39, 0.29) is 41.7 Å². The van der Waals surface area contributed by atoms with Gasteiger partial charge in [0, 0.05) is 26.2 Å². The van der Waals surface area contributed by atoms with Crippen LogP contribution in [0.5, 0.6) is 0 Å². The molecule has 0 atom stereocenters. The van der Waals surface area contributed by atoms with Gasteiger partial charge in [0.25, 0.3) is 5.91 Å². The number of hydrogen-bond donors (Lipinski definition) is 0. The molecular weight excluding hydrogens is 422 g/mol. The zero-order valence-corrected chi connectivity index (χ0v) is 17.6. The Hall–Kier alpha value is -2.03. The maximum absolute atomic E-state index is 13.5. The summed E-state index contributed by atoms with van der Waals surface area (Å²) in [6, 6.07) is 8.28. The van der Waals surface area contributed by atoms with E-state index in [9.17, 15) is 22.0 Å². The van der Waals surface area contributed by atoms with Gasteiger partial charge in [-0.1, -0.05) is 37.6 Å². The molecule has 1 amide bonds. The van der Waals surface area contributed by atoms with Crippen molar-refractivity contribution in [3.05, 3.63) is 64.2 Å². The lowest BCUT2D eigenvalue weighted by Crippen LogP contribution is -2.50. The second kappa shape index (κ2) is 8.38. The van der Waals surface area contributed by atoms with Crippen molar-refractivity contribution in [2.45, 2.75) is 24.7 Å². The van der Waals surface area contributed by atoms with Gasteiger partial charge in [0.1, 0.15) is 0 Å². The lowest BCUT2D eigenvalue weighted by Gasteiger charge is -2.34. The number of halogens is 3. The Kier molecular flexibility index (Phi) is 6.26. The zero-order chi connectivity index (χ0) is 21.3. The second-order valence-electron chi connectivity index (χ2n) is 7.17. The highest BCUT2D eigenvalue weighted by Gasteiger charge is 2.31. The summed E-state index contributed by atoms with van der Waals surface area (Å²) >= 11 is 5.87. The second-order valence-corrected chi connectivity index (χ2v) is 9.51. The molecule has 0 aromatic heterocycles. The molecule has 5 nitrogen and oxygen atoms in total. The third kappa shape index (κ3) is 4.44. The number of nitrogens with zero attached hydrogens (tertiary/aromatic N) is 2. The zero-order valence-electron chi connectivity index (χ0n) is 16.0. The van der Waals surface area contributed by atoms with Crippen molar-refractivity contribution >= 4 is 27.5 Å². The lowest BCUT2D eigenvalue weighted by molar-refractivity contribution is 0.0697. The summed E-state index contributed by atoms with van der Waals surface area (Å²) < 4.78 is 53.7. The van der Waals surface area contributed by atoms with Gasteiger partial charge in [-0.2, -0.15) is 4.31 Å². The number of sulfonamides is 1. The normalized spacial score (nSPS) is 15.7. The minimum absolute atomic E-state index is 0.0985. The van der Waals surface area contributed by atoms with Gasteiger partial charge in [-0.3, -0.25) is 4.79 Å². The summed E-state index contributed by atoms with van der Waals surface area (Å²) in [5, 5.41) is -0.186. The quantitative estimate of drug-likeness (QED) is 0.675. The highest BCUT2D eigenvalue weighted by Crippen LogP contribution is 2.24. The first-order chi connectivity index (χ1) is 13.6. The molecule has 0 unspecified atom stereocenters. The predicted molar refractivity (Wildman–Crippen MR) is 107 cm³/mol. The molecule has 0 spiro atoms. The smallest absolute Gasteiger partial charge is 0.255 e. The largest absolute Gasteiger partial charge is 0.336 e. The van der Waals surface area contributed by atoms with Crippen LogP contribution in [0.2, 0.25) is 5.02 Å². The number of amides is 1. The fraction of sp³-hybridized carbons (Fsp3) is 0.350. The van der Waals surface area contributed by atoms with E-state index in [1.165, 1.54) is 9.21 Å². The van der Waals surface area contributed by atoms with Crippen LogP contribution in [0.15, 0.2) is 41.3 Å². The average molecular weight is 443 g/mol. The van der Waals surface area contributed by atoms with Crippen molar-refractivity contribution in [1.29, 1.82) is 0 Å². The number of carbonyl (C=O) groups is 1. The van der Waals surface area contributed by atoms with Gasteiger partial charge in [-0.25, -0.2) is 17.2 Å². The molecule has 0 bridgehead atoms. The number of hydrogen-bond acceptors (Lipinski definition) is 3. The van der Waals surface area contributed by atoms with Crippen LogP contribution < -0.4 is 0 Å². The monoisotopic (exact) mass is 442 g/mol. The molecule has 1 aliphatic heterocycles. The molecule has 0 aliphatic carbocycles. The third-order valence-corrected chi connectivity index (χ3v) is 7.18. The number of rotatable bonds is 4. The predicted octanol–water partition coefficient (Wildman–Crippen LogP) is 3.89. The summed E-state index contributed by atoms with van der Waals surface area (Å²) in [5.74, 6) is -2.56. The third-order valence-electron chi connectivity index (χ3n) is 4.95. The Morgan fingerprint density at radius 3 is 2.10 bits per heavy atom. The van der Waals surface area contributed by atoms with Gasteiger partial charge < -0.3 is 4.90 Å². The Morgan fingerprint density at radius 1 is 1.00 bits per heavy atom. The summed E-state index contributed by atoms with van der Waals surface area (Å²) in [7, 11) is -3.68. The maximum atomic E-state index is 13.5. The molecular formula is C20H21ClF2N2O3S. The van der Waals surface area contributed by atoms with Crippen LogP contribution in [-0.4, -0.2) is 49.7 Å². The van der Waals surface area contributed by atoms with Gasteiger partial charge in [-0.05, 0) is 35.7 Å². The first-order valence-electron chi connectivity index (χ1n) is 9.15. The minimum Gasteiger partial charge on any atom is -0.336 e. The summed E-state index contributed by atoms with van der Waals surface area (Å²) in [6.45, 7) is 4.50. The summed E-state index contributed by atoms with van der Waals surface area (Å²) in [5.41, 5.74) is 0.897. The first-order valence-corrected chi connectivity index (χ1v) is 11.0. The van der Waals surface area contributed by atoms with Gasteiger partial charge in [0.05, 0.1) is 15.5 Å². The maximum Gasteiger partial charge on any atom is 0.255 e. The van der Waals surface area contributed by atoms with E-state index in [0.29, 0.717) is 5.92 Å². The Balaban J connectivity index is 1.71. The Bertz CT molecular complexity index is 1020. The van der Waals surface area contributed by atoms with Crippen LogP contribution in [-0.2, 0) is 10.0 Å². The summed E-state index contributed by atoms with van der Waals surface area (Å²) in [4.78, 5) is 14.2. The molecule has 1 fully saturated rings. The van der Waals surface area contributed by atoms with Crippen LogP contribution in [0.3, 0.4) is 0 Å². The van der Waals surface area contributed by atoms with Crippen LogP contribution in [0.1, 0.15) is 35.7 Å². The highest BCUT2D eigenvalue weighted by atomic mass is 35.5. The molecule has 9 heteroatoms. The van der Waals surface area contributed by atoms with Crippen molar-refractivity contribution in [1.82, 2.24) is 9.21 Å². The van der Waals surface area contributed by atoms with Gasteiger partial charge in [-0.15, -0.1) is 0 Å².